The number of hydrogen-bond donors (Lipinski definition) is 1. The van der Waals surface area contributed by atoms with Gasteiger partial charge in [0.25, 0.3) is 0 Å². The van der Waals surface area contributed by atoms with E-state index in [2.05, 4.69) is 46.1 Å². The Balaban J connectivity index is 1.56. The van der Waals surface area contributed by atoms with Crippen LogP contribution in [0.25, 0.3) is 11.0 Å². The van der Waals surface area contributed by atoms with Gasteiger partial charge in [-0.05, 0) is 37.9 Å². The van der Waals surface area contributed by atoms with Gasteiger partial charge in [0.1, 0.15) is 5.82 Å². The van der Waals surface area contributed by atoms with Crippen LogP contribution in [-0.2, 0) is 6.54 Å². The number of aromatic nitrogens is 2. The average molecular weight is 270 g/mol. The van der Waals surface area contributed by atoms with Gasteiger partial charge in [-0.2, -0.15) is 0 Å². The van der Waals surface area contributed by atoms with Gasteiger partial charge >= 0.3 is 0 Å². The maximum atomic E-state index is 4.73. The topological polar surface area (TPSA) is 35.2 Å². The Morgan fingerprint density at radius 1 is 1.20 bits per heavy atom. The van der Waals surface area contributed by atoms with Crippen molar-refractivity contribution in [2.24, 2.45) is 5.92 Å². The van der Waals surface area contributed by atoms with Gasteiger partial charge in [0.05, 0.1) is 17.6 Å². The van der Waals surface area contributed by atoms with E-state index in [1.165, 1.54) is 32.5 Å². The maximum absolute atomic E-state index is 4.73. The molecule has 1 aromatic heterocycles. The molecule has 0 radical (unpaired) electrons. The Bertz CT molecular complexity index is 572. The Hall–Kier alpha value is -1.39. The van der Waals surface area contributed by atoms with Crippen LogP contribution < -0.4 is 0 Å². The number of hydrogen-bond acceptors (Lipinski definition) is 3. The third-order valence-electron chi connectivity index (χ3n) is 4.80. The van der Waals surface area contributed by atoms with Crippen molar-refractivity contribution in [1.82, 2.24) is 19.8 Å². The lowest BCUT2D eigenvalue weighted by Gasteiger charge is -2.35. The number of nitrogens with one attached hydrogen (secondary N) is 1. The van der Waals surface area contributed by atoms with Crippen molar-refractivity contribution in [3.05, 3.63) is 30.1 Å². The smallest absolute Gasteiger partial charge is 0.121 e. The molecule has 20 heavy (non-hydrogen) atoms. The lowest BCUT2D eigenvalue weighted by atomic mass is 9.95. The van der Waals surface area contributed by atoms with Gasteiger partial charge in [-0.3, -0.25) is 4.90 Å². The first kappa shape index (κ1) is 12.4. The van der Waals surface area contributed by atoms with Crippen LogP contribution in [0.15, 0.2) is 24.3 Å². The van der Waals surface area contributed by atoms with Crippen LogP contribution in [0.2, 0.25) is 0 Å². The summed E-state index contributed by atoms with van der Waals surface area (Å²) in [5.74, 6) is 1.95. The van der Waals surface area contributed by atoms with E-state index < -0.39 is 0 Å². The molecule has 1 aromatic carbocycles. The zero-order valence-corrected chi connectivity index (χ0v) is 12.0. The molecule has 0 unspecified atom stereocenters. The summed E-state index contributed by atoms with van der Waals surface area (Å²) in [5.41, 5.74) is 2.24. The number of fused-ring (bicyclic) bond motifs is 5. The fraction of sp³-hybridized carbons (Fsp3) is 0.562. The normalized spacial score (nSPS) is 28.1. The molecule has 0 aliphatic carbocycles. The van der Waals surface area contributed by atoms with Crippen molar-refractivity contribution in [3.8, 4) is 0 Å². The molecule has 2 aromatic rings. The number of rotatable bonds is 2. The van der Waals surface area contributed by atoms with Crippen LogP contribution in [0, 0.1) is 5.92 Å². The first-order chi connectivity index (χ1) is 9.78. The number of piperidine rings is 1. The Morgan fingerprint density at radius 3 is 3.00 bits per heavy atom. The first-order valence-corrected chi connectivity index (χ1v) is 7.64. The quantitative estimate of drug-likeness (QED) is 0.907. The van der Waals surface area contributed by atoms with E-state index in [0.717, 1.165) is 29.3 Å². The minimum Gasteiger partial charge on any atom is -0.341 e. The number of imidazole rings is 1. The molecule has 0 saturated carbocycles. The minimum absolute atomic E-state index is 0.701. The predicted octanol–water partition coefficient (Wildman–Crippen LogP) is 2.09. The second-order valence-corrected chi connectivity index (χ2v) is 6.45. The first-order valence-electron chi connectivity index (χ1n) is 7.64. The van der Waals surface area contributed by atoms with Crippen molar-refractivity contribution in [3.63, 3.8) is 0 Å². The number of H-pyrrole nitrogens is 1. The number of aromatic amines is 1. The highest BCUT2D eigenvalue weighted by molar-refractivity contribution is 5.74. The summed E-state index contributed by atoms with van der Waals surface area (Å²) in [6.07, 6.45) is 2.74. The van der Waals surface area contributed by atoms with Crippen LogP contribution in [0.5, 0.6) is 0 Å². The molecule has 2 atom stereocenters. The van der Waals surface area contributed by atoms with Gasteiger partial charge < -0.3 is 9.88 Å². The number of likely N-dealkylation sites (N-methyl/N-ethyl adjacent to an activating group) is 1. The molecule has 1 N–H and O–H groups in total. The molecule has 3 fully saturated rings. The van der Waals surface area contributed by atoms with Crippen LogP contribution in [0.3, 0.4) is 0 Å². The Morgan fingerprint density at radius 2 is 2.10 bits per heavy atom. The second kappa shape index (κ2) is 4.86. The lowest BCUT2D eigenvalue weighted by molar-refractivity contribution is 0.121. The van der Waals surface area contributed by atoms with E-state index in [1.807, 2.05) is 0 Å². The number of nitrogens with zero attached hydrogens (tertiary/aromatic N) is 3. The van der Waals surface area contributed by atoms with E-state index in [0.29, 0.717) is 6.04 Å². The van der Waals surface area contributed by atoms with E-state index in [4.69, 9.17) is 4.98 Å². The lowest BCUT2D eigenvalue weighted by Crippen LogP contribution is -2.43. The molecule has 5 rings (SSSR count). The Labute approximate surface area is 119 Å². The van der Waals surface area contributed by atoms with Gasteiger partial charge in [-0.15, -0.1) is 0 Å². The summed E-state index contributed by atoms with van der Waals surface area (Å²) in [4.78, 5) is 13.3. The molecule has 106 valence electrons. The SMILES string of the molecule is CN1C[C@H]2CC[C@@H](C1)N(Cc1nc3ccccc3[nH]1)C2. The van der Waals surface area contributed by atoms with Crippen LogP contribution >= 0.6 is 0 Å². The fourth-order valence-corrected chi connectivity index (χ4v) is 3.88. The van der Waals surface area contributed by atoms with E-state index in [1.54, 1.807) is 0 Å². The third-order valence-corrected chi connectivity index (χ3v) is 4.80. The van der Waals surface area contributed by atoms with E-state index in [-0.39, 0.29) is 0 Å². The zero-order valence-electron chi connectivity index (χ0n) is 12.0. The highest BCUT2D eigenvalue weighted by atomic mass is 15.3. The molecule has 3 saturated heterocycles. The van der Waals surface area contributed by atoms with Crippen LogP contribution in [-0.4, -0.2) is 52.5 Å². The fourth-order valence-electron chi connectivity index (χ4n) is 3.88. The molecule has 0 spiro atoms. The highest BCUT2D eigenvalue weighted by Crippen LogP contribution is 2.28. The van der Waals surface area contributed by atoms with Gasteiger partial charge in [-0.25, -0.2) is 4.98 Å². The molecule has 3 aliphatic heterocycles. The second-order valence-electron chi connectivity index (χ2n) is 6.45. The monoisotopic (exact) mass is 270 g/mol. The van der Waals surface area contributed by atoms with Crippen molar-refractivity contribution in [1.29, 1.82) is 0 Å². The van der Waals surface area contributed by atoms with Crippen molar-refractivity contribution in [2.75, 3.05) is 26.7 Å². The molecular formula is C16H22N4. The third kappa shape index (κ3) is 2.23. The van der Waals surface area contributed by atoms with E-state index in [9.17, 15) is 0 Å². The average Bonchev–Trinajstić information content (AvgIpc) is 2.66. The maximum Gasteiger partial charge on any atom is 0.121 e. The van der Waals surface area contributed by atoms with Gasteiger partial charge in [0.2, 0.25) is 0 Å². The molecule has 4 heterocycles. The standard InChI is InChI=1S/C16H22N4/c1-19-8-12-6-7-13(10-19)20(9-12)11-16-17-14-4-2-3-5-15(14)18-16/h2-5,12-13H,6-11H2,1H3,(H,17,18)/t12-,13+/m1/s1. The van der Waals surface area contributed by atoms with Crippen molar-refractivity contribution < 1.29 is 0 Å². The summed E-state index contributed by atoms with van der Waals surface area (Å²) in [6.45, 7) is 4.65. The van der Waals surface area contributed by atoms with Crippen LogP contribution in [0.1, 0.15) is 18.7 Å². The van der Waals surface area contributed by atoms with Crippen molar-refractivity contribution >= 4 is 11.0 Å². The predicted molar refractivity (Wildman–Crippen MR) is 80.5 cm³/mol. The summed E-state index contributed by atoms with van der Waals surface area (Å²) >= 11 is 0. The molecular weight excluding hydrogens is 248 g/mol. The van der Waals surface area contributed by atoms with Crippen molar-refractivity contribution in [2.45, 2.75) is 25.4 Å². The summed E-state index contributed by atoms with van der Waals surface area (Å²) < 4.78 is 0. The molecule has 0 amide bonds. The summed E-state index contributed by atoms with van der Waals surface area (Å²) in [7, 11) is 2.26. The Kier molecular flexibility index (Phi) is 3.00. The minimum atomic E-state index is 0.701. The molecule has 4 heteroatoms. The number of para-hydroxylation sites is 2. The summed E-state index contributed by atoms with van der Waals surface area (Å²) in [5, 5.41) is 0. The largest absolute Gasteiger partial charge is 0.341 e. The molecule has 2 bridgehead atoms. The van der Waals surface area contributed by atoms with Gasteiger partial charge in [0.15, 0.2) is 0 Å². The van der Waals surface area contributed by atoms with Gasteiger partial charge in [-0.1, -0.05) is 12.1 Å². The summed E-state index contributed by atoms with van der Waals surface area (Å²) in [6, 6.07) is 9.00. The number of benzene rings is 1. The van der Waals surface area contributed by atoms with Crippen LogP contribution in [0.4, 0.5) is 0 Å². The zero-order chi connectivity index (χ0) is 13.5. The molecule has 3 aliphatic rings. The molecule has 4 nitrogen and oxygen atoms in total. The highest BCUT2D eigenvalue weighted by Gasteiger charge is 2.33. The van der Waals surface area contributed by atoms with Gasteiger partial charge in [0, 0.05) is 25.7 Å². The van der Waals surface area contributed by atoms with E-state index >= 15 is 0 Å².